The Hall–Kier alpha value is -4.41. The zero-order valence-electron chi connectivity index (χ0n) is 23.0. The summed E-state index contributed by atoms with van der Waals surface area (Å²) in [4.78, 5) is 44.7. The third-order valence-corrected chi connectivity index (χ3v) is 6.27. The lowest BCUT2D eigenvalue weighted by Gasteiger charge is -2.21. The van der Waals surface area contributed by atoms with Gasteiger partial charge in [-0.05, 0) is 81.1 Å². The molecule has 41 heavy (non-hydrogen) atoms. The molecule has 8 nitrogen and oxygen atoms in total. The Kier molecular flexibility index (Phi) is 8.65. The van der Waals surface area contributed by atoms with Crippen molar-refractivity contribution in [1.29, 1.82) is 0 Å². The van der Waals surface area contributed by atoms with Crippen LogP contribution in [0.5, 0.6) is 0 Å². The highest BCUT2D eigenvalue weighted by Gasteiger charge is 2.31. The number of aromatic nitrogens is 1. The molecule has 0 unspecified atom stereocenters. The molecule has 1 aliphatic rings. The maximum atomic E-state index is 13.4. The van der Waals surface area contributed by atoms with E-state index >= 15 is 0 Å². The number of pyridine rings is 1. The number of hydrogen-bond acceptors (Lipinski definition) is 6. The molecular weight excluding hydrogens is 537 g/mol. The second-order valence-electron chi connectivity index (χ2n) is 10.7. The summed E-state index contributed by atoms with van der Waals surface area (Å²) in [5.74, 6) is -0.507. The van der Waals surface area contributed by atoms with Gasteiger partial charge in [0.25, 0.3) is 0 Å². The number of Topliss-reactive ketones (excluding diaryl/α,β-unsaturated/α-hetero) is 1. The number of carbonyl (C=O) groups excluding carboxylic acids is 3. The van der Waals surface area contributed by atoms with Crippen molar-refractivity contribution in [3.05, 3.63) is 71.9 Å². The van der Waals surface area contributed by atoms with E-state index in [4.69, 9.17) is 4.74 Å². The van der Waals surface area contributed by atoms with E-state index in [2.05, 4.69) is 20.5 Å². The normalized spacial score (nSPS) is 13.6. The first kappa shape index (κ1) is 29.6. The van der Waals surface area contributed by atoms with Crippen LogP contribution < -0.4 is 15.5 Å². The fourth-order valence-corrected chi connectivity index (χ4v) is 4.38. The van der Waals surface area contributed by atoms with Gasteiger partial charge in [0.15, 0.2) is 5.78 Å². The molecule has 0 aliphatic carbocycles. The monoisotopic (exact) mass is 568 g/mol. The second kappa shape index (κ2) is 12.0. The summed E-state index contributed by atoms with van der Waals surface area (Å²) < 4.78 is 45.2. The van der Waals surface area contributed by atoms with E-state index in [0.717, 1.165) is 55.0 Å². The fourth-order valence-electron chi connectivity index (χ4n) is 4.38. The molecule has 216 valence electrons. The molecule has 0 spiro atoms. The van der Waals surface area contributed by atoms with E-state index in [9.17, 15) is 27.6 Å². The Labute approximate surface area is 235 Å². The van der Waals surface area contributed by atoms with Gasteiger partial charge in [0.1, 0.15) is 11.4 Å². The van der Waals surface area contributed by atoms with Crippen LogP contribution in [0, 0.1) is 0 Å². The van der Waals surface area contributed by atoms with Crippen LogP contribution in [0.3, 0.4) is 0 Å². The number of halogens is 3. The SMILES string of the molecule is CC(C)(C)OC(=O)Nc1ccc(C(F)(F)F)cc1NC(=O)CC(=O)c1cccc(-c2ccnc(N3CCCC3)c2)c1. The number of ether oxygens (including phenoxy) is 1. The molecule has 2 N–H and O–H groups in total. The van der Waals surface area contributed by atoms with E-state index < -0.39 is 41.5 Å². The van der Waals surface area contributed by atoms with Gasteiger partial charge in [0.05, 0.1) is 23.4 Å². The van der Waals surface area contributed by atoms with Crippen LogP contribution in [0.25, 0.3) is 11.1 Å². The molecule has 0 bridgehead atoms. The highest BCUT2D eigenvalue weighted by molar-refractivity contribution is 6.12. The molecule has 3 aromatic rings. The molecule has 1 aliphatic heterocycles. The van der Waals surface area contributed by atoms with E-state index in [0.29, 0.717) is 6.07 Å². The lowest BCUT2D eigenvalue weighted by atomic mass is 10.0. The number of rotatable bonds is 7. The number of nitrogens with zero attached hydrogens (tertiary/aromatic N) is 2. The number of ketones is 1. The van der Waals surface area contributed by atoms with Crippen LogP contribution in [-0.4, -0.2) is 41.5 Å². The van der Waals surface area contributed by atoms with E-state index in [1.807, 2.05) is 18.2 Å². The molecule has 0 atom stereocenters. The van der Waals surface area contributed by atoms with E-state index in [1.165, 1.54) is 0 Å². The van der Waals surface area contributed by atoms with Gasteiger partial charge >= 0.3 is 12.3 Å². The van der Waals surface area contributed by atoms with Gasteiger partial charge in [-0.1, -0.05) is 18.2 Å². The minimum absolute atomic E-state index is 0.110. The Morgan fingerprint density at radius 3 is 2.29 bits per heavy atom. The molecule has 2 aromatic carbocycles. The van der Waals surface area contributed by atoms with E-state index in [1.54, 1.807) is 45.2 Å². The third-order valence-electron chi connectivity index (χ3n) is 6.27. The smallest absolute Gasteiger partial charge is 0.416 e. The summed E-state index contributed by atoms with van der Waals surface area (Å²) in [6.07, 6.45) is -2.30. The molecule has 4 rings (SSSR count). The Morgan fingerprint density at radius 2 is 1.61 bits per heavy atom. The Bertz CT molecular complexity index is 1440. The topological polar surface area (TPSA) is 101 Å². The summed E-state index contributed by atoms with van der Waals surface area (Å²) in [5.41, 5.74) is -0.416. The highest BCUT2D eigenvalue weighted by Crippen LogP contribution is 2.34. The summed E-state index contributed by atoms with van der Waals surface area (Å²) in [7, 11) is 0. The highest BCUT2D eigenvalue weighted by atomic mass is 19.4. The maximum absolute atomic E-state index is 13.4. The van der Waals surface area contributed by atoms with Crippen molar-refractivity contribution in [3.8, 4) is 11.1 Å². The van der Waals surface area contributed by atoms with Crippen molar-refractivity contribution in [2.75, 3.05) is 28.6 Å². The Balaban J connectivity index is 1.50. The van der Waals surface area contributed by atoms with Crippen molar-refractivity contribution >= 4 is 35.0 Å². The standard InChI is InChI=1S/C30H31F3N4O4/c1-29(2,3)41-28(40)36-23-10-9-22(30(31,32)33)17-24(23)35-27(39)18-25(38)21-8-6-7-19(15-21)20-11-12-34-26(16-20)37-13-4-5-14-37/h6-12,15-17H,4-5,13-14,18H2,1-3H3,(H,35,39)(H,36,40). The molecule has 1 aromatic heterocycles. The van der Waals surface area contributed by atoms with Crippen LogP contribution in [0.1, 0.15) is 56.0 Å². The molecule has 11 heteroatoms. The van der Waals surface area contributed by atoms with Crippen molar-refractivity contribution < 1.29 is 32.3 Å². The first-order valence-corrected chi connectivity index (χ1v) is 13.1. The van der Waals surface area contributed by atoms with Crippen LogP contribution >= 0.6 is 0 Å². The Morgan fingerprint density at radius 1 is 0.902 bits per heavy atom. The number of anilines is 3. The molecule has 1 saturated heterocycles. The molecule has 2 amide bonds. The van der Waals surface area contributed by atoms with E-state index in [-0.39, 0.29) is 16.9 Å². The first-order chi connectivity index (χ1) is 19.3. The van der Waals surface area contributed by atoms with Crippen LogP contribution in [0.15, 0.2) is 60.8 Å². The first-order valence-electron chi connectivity index (χ1n) is 13.1. The number of benzene rings is 2. The second-order valence-corrected chi connectivity index (χ2v) is 10.7. The van der Waals surface area contributed by atoms with Gasteiger partial charge in [-0.2, -0.15) is 13.2 Å². The van der Waals surface area contributed by atoms with Gasteiger partial charge in [-0.3, -0.25) is 14.9 Å². The summed E-state index contributed by atoms with van der Waals surface area (Å²) in [5, 5.41) is 4.68. The van der Waals surface area contributed by atoms with Crippen molar-refractivity contribution in [1.82, 2.24) is 4.98 Å². The van der Waals surface area contributed by atoms with Crippen molar-refractivity contribution in [2.24, 2.45) is 0 Å². The number of amides is 2. The molecule has 1 fully saturated rings. The van der Waals surface area contributed by atoms with Gasteiger partial charge < -0.3 is 15.0 Å². The molecular formula is C30H31F3N4O4. The lowest BCUT2D eigenvalue weighted by Crippen LogP contribution is -2.28. The maximum Gasteiger partial charge on any atom is 0.416 e. The number of carbonyl (C=O) groups is 3. The molecule has 0 radical (unpaired) electrons. The van der Waals surface area contributed by atoms with Crippen molar-refractivity contribution in [3.63, 3.8) is 0 Å². The zero-order chi connectivity index (χ0) is 29.8. The largest absolute Gasteiger partial charge is 0.444 e. The zero-order valence-corrected chi connectivity index (χ0v) is 23.0. The summed E-state index contributed by atoms with van der Waals surface area (Å²) in [6.45, 7) is 6.76. The van der Waals surface area contributed by atoms with Gasteiger partial charge in [0.2, 0.25) is 5.91 Å². The molecule has 0 saturated carbocycles. The van der Waals surface area contributed by atoms with Gasteiger partial charge in [-0.15, -0.1) is 0 Å². The summed E-state index contributed by atoms with van der Waals surface area (Å²) >= 11 is 0. The number of alkyl halides is 3. The van der Waals surface area contributed by atoms with Crippen LogP contribution in [0.2, 0.25) is 0 Å². The summed E-state index contributed by atoms with van der Waals surface area (Å²) in [6, 6.07) is 13.0. The predicted octanol–water partition coefficient (Wildman–Crippen LogP) is 6.93. The van der Waals surface area contributed by atoms with Crippen LogP contribution in [-0.2, 0) is 15.7 Å². The quantitative estimate of drug-likeness (QED) is 0.237. The average molecular weight is 569 g/mol. The molecule has 2 heterocycles. The average Bonchev–Trinajstić information content (AvgIpc) is 3.43. The van der Waals surface area contributed by atoms with Gasteiger partial charge in [0, 0.05) is 24.8 Å². The lowest BCUT2D eigenvalue weighted by molar-refractivity contribution is -0.137. The van der Waals surface area contributed by atoms with Crippen molar-refractivity contribution in [2.45, 2.75) is 51.8 Å². The van der Waals surface area contributed by atoms with Gasteiger partial charge in [-0.25, -0.2) is 9.78 Å². The minimum atomic E-state index is -4.69. The predicted molar refractivity (Wildman–Crippen MR) is 150 cm³/mol. The number of hydrogen-bond donors (Lipinski definition) is 2. The number of nitrogens with one attached hydrogen (secondary N) is 2. The van der Waals surface area contributed by atoms with Crippen LogP contribution in [0.4, 0.5) is 35.2 Å². The minimum Gasteiger partial charge on any atom is -0.444 e. The fraction of sp³-hybridized carbons (Fsp3) is 0.333. The third kappa shape index (κ3) is 8.06.